The molecule has 0 heterocycles. The fourth-order valence-electron chi connectivity index (χ4n) is 1.90. The van der Waals surface area contributed by atoms with Gasteiger partial charge in [0.1, 0.15) is 0 Å². The molecule has 10 heteroatoms. The molecule has 0 saturated carbocycles. The average molecular weight is 339 g/mol. The monoisotopic (exact) mass is 339 g/mol. The van der Waals surface area contributed by atoms with Gasteiger partial charge in [0.05, 0.1) is 16.7 Å². The van der Waals surface area contributed by atoms with E-state index in [1.165, 1.54) is 0 Å². The second-order valence-corrected chi connectivity index (χ2v) is 4.49. The molecule has 0 aliphatic heterocycles. The summed E-state index contributed by atoms with van der Waals surface area (Å²) in [4.78, 5) is 0. The molecule has 0 spiro atoms. The standard InChI is InChI=1S/C12H10F9N/c1-5(22-2)9-7(11(16,17)18)3-6(10(13,14)15)4-8(9)12(19,20)21/h3-5,22H,1-2H3. The van der Waals surface area contributed by atoms with Crippen LogP contribution in [0.4, 0.5) is 39.5 Å². The van der Waals surface area contributed by atoms with Crippen molar-refractivity contribution in [1.29, 1.82) is 0 Å². The average Bonchev–Trinajstić information content (AvgIpc) is 2.33. The maximum Gasteiger partial charge on any atom is 0.416 e. The largest absolute Gasteiger partial charge is 0.416 e. The van der Waals surface area contributed by atoms with Crippen molar-refractivity contribution in [2.24, 2.45) is 0 Å². The van der Waals surface area contributed by atoms with Crippen LogP contribution in [0.15, 0.2) is 12.1 Å². The Bertz CT molecular complexity index is 504. The first kappa shape index (κ1) is 18.6. The van der Waals surface area contributed by atoms with Crippen molar-refractivity contribution in [3.8, 4) is 0 Å². The van der Waals surface area contributed by atoms with E-state index in [2.05, 4.69) is 5.32 Å². The third-order valence-electron chi connectivity index (χ3n) is 2.98. The van der Waals surface area contributed by atoms with E-state index in [-0.39, 0.29) is 12.1 Å². The van der Waals surface area contributed by atoms with Crippen molar-refractivity contribution in [2.75, 3.05) is 7.05 Å². The molecule has 1 aromatic rings. The minimum Gasteiger partial charge on any atom is -0.313 e. The van der Waals surface area contributed by atoms with E-state index >= 15 is 0 Å². The van der Waals surface area contributed by atoms with Crippen molar-refractivity contribution in [1.82, 2.24) is 5.32 Å². The number of nitrogens with one attached hydrogen (secondary N) is 1. The Morgan fingerprint density at radius 3 is 1.36 bits per heavy atom. The maximum atomic E-state index is 12.9. The summed E-state index contributed by atoms with van der Waals surface area (Å²) in [7, 11) is 1.10. The van der Waals surface area contributed by atoms with E-state index in [1.54, 1.807) is 0 Å². The van der Waals surface area contributed by atoms with Gasteiger partial charge in [-0.05, 0) is 31.7 Å². The molecule has 0 radical (unpaired) electrons. The van der Waals surface area contributed by atoms with Gasteiger partial charge < -0.3 is 5.32 Å². The molecule has 0 fully saturated rings. The minimum atomic E-state index is -5.36. The van der Waals surface area contributed by atoms with Crippen molar-refractivity contribution < 1.29 is 39.5 Å². The lowest BCUT2D eigenvalue weighted by Crippen LogP contribution is -2.25. The summed E-state index contributed by atoms with van der Waals surface area (Å²) < 4.78 is 115. The van der Waals surface area contributed by atoms with Crippen LogP contribution < -0.4 is 5.32 Å². The lowest BCUT2D eigenvalue weighted by atomic mass is 9.92. The number of alkyl halides is 9. The minimum absolute atomic E-state index is 0.307. The Labute approximate surface area is 119 Å². The first-order chi connectivity index (χ1) is 9.69. The van der Waals surface area contributed by atoms with Gasteiger partial charge in [-0.3, -0.25) is 0 Å². The second kappa shape index (κ2) is 5.64. The molecule has 1 N–H and O–H groups in total. The molecule has 126 valence electrons. The predicted molar refractivity (Wildman–Crippen MR) is 58.9 cm³/mol. The van der Waals surface area contributed by atoms with Crippen LogP contribution in [0, 0.1) is 0 Å². The summed E-state index contributed by atoms with van der Waals surface area (Å²) in [5.41, 5.74) is -7.19. The summed E-state index contributed by atoms with van der Waals surface area (Å²) in [5.74, 6) is 0. The summed E-state index contributed by atoms with van der Waals surface area (Å²) in [6, 6.07) is -2.06. The van der Waals surface area contributed by atoms with Gasteiger partial charge in [0.25, 0.3) is 0 Å². The van der Waals surface area contributed by atoms with E-state index in [0.29, 0.717) is 0 Å². The highest BCUT2D eigenvalue weighted by atomic mass is 19.4. The molecule has 0 aliphatic rings. The normalized spacial score (nSPS) is 15.0. The van der Waals surface area contributed by atoms with E-state index in [4.69, 9.17) is 0 Å². The number of benzene rings is 1. The quantitative estimate of drug-likeness (QED) is 0.746. The van der Waals surface area contributed by atoms with Gasteiger partial charge in [-0.25, -0.2) is 0 Å². The summed E-state index contributed by atoms with van der Waals surface area (Å²) in [5, 5.41) is 2.18. The molecule has 1 nitrogen and oxygen atoms in total. The van der Waals surface area contributed by atoms with Crippen LogP contribution in [0.3, 0.4) is 0 Å². The Morgan fingerprint density at radius 2 is 1.14 bits per heavy atom. The number of hydrogen-bond acceptors (Lipinski definition) is 1. The van der Waals surface area contributed by atoms with E-state index in [9.17, 15) is 39.5 Å². The van der Waals surface area contributed by atoms with Crippen LogP contribution in [0.2, 0.25) is 0 Å². The Kier molecular flexibility index (Phi) is 4.76. The highest BCUT2D eigenvalue weighted by Gasteiger charge is 2.45. The Hall–Kier alpha value is -1.45. The Balaban J connectivity index is 3.86. The van der Waals surface area contributed by atoms with Crippen molar-refractivity contribution in [3.05, 3.63) is 34.4 Å². The molecule has 0 bridgehead atoms. The number of rotatable bonds is 2. The number of hydrogen-bond donors (Lipinski definition) is 1. The third kappa shape index (κ3) is 3.84. The van der Waals surface area contributed by atoms with E-state index < -0.39 is 46.8 Å². The molecule has 1 rings (SSSR count). The molecule has 0 aliphatic carbocycles. The summed E-state index contributed by atoms with van der Waals surface area (Å²) in [6.45, 7) is 0.993. The first-order valence-corrected chi connectivity index (χ1v) is 5.76. The molecule has 0 amide bonds. The van der Waals surface area contributed by atoms with Crippen molar-refractivity contribution in [3.63, 3.8) is 0 Å². The van der Waals surface area contributed by atoms with Crippen molar-refractivity contribution in [2.45, 2.75) is 31.5 Å². The van der Waals surface area contributed by atoms with Gasteiger partial charge in [-0.1, -0.05) is 0 Å². The van der Waals surface area contributed by atoms with Gasteiger partial charge in [0.15, 0.2) is 0 Å². The van der Waals surface area contributed by atoms with Crippen LogP contribution in [0.5, 0.6) is 0 Å². The van der Waals surface area contributed by atoms with Gasteiger partial charge in [0.2, 0.25) is 0 Å². The topological polar surface area (TPSA) is 12.0 Å². The highest BCUT2D eigenvalue weighted by molar-refractivity contribution is 5.45. The molecule has 1 atom stereocenters. The fourth-order valence-corrected chi connectivity index (χ4v) is 1.90. The molecular weight excluding hydrogens is 329 g/mol. The van der Waals surface area contributed by atoms with Crippen LogP contribution in [0.25, 0.3) is 0 Å². The van der Waals surface area contributed by atoms with Crippen molar-refractivity contribution >= 4 is 0 Å². The summed E-state index contributed by atoms with van der Waals surface area (Å²) >= 11 is 0. The SMILES string of the molecule is CNC(C)c1c(C(F)(F)F)cc(C(F)(F)F)cc1C(F)(F)F. The molecular formula is C12H10F9N. The summed E-state index contributed by atoms with van der Waals surface area (Å²) in [6.07, 6.45) is -16.1. The smallest absolute Gasteiger partial charge is 0.313 e. The van der Waals surface area contributed by atoms with Gasteiger partial charge in [-0.2, -0.15) is 39.5 Å². The van der Waals surface area contributed by atoms with E-state index in [1.807, 2.05) is 0 Å². The van der Waals surface area contributed by atoms with Gasteiger partial charge in [-0.15, -0.1) is 0 Å². The predicted octanol–water partition coefficient (Wildman–Crippen LogP) is 5.02. The molecule has 1 unspecified atom stereocenters. The zero-order valence-electron chi connectivity index (χ0n) is 11.1. The van der Waals surface area contributed by atoms with Crippen LogP contribution in [0.1, 0.15) is 35.2 Å². The zero-order valence-corrected chi connectivity index (χ0v) is 11.1. The van der Waals surface area contributed by atoms with Gasteiger partial charge >= 0.3 is 18.5 Å². The Morgan fingerprint density at radius 1 is 0.773 bits per heavy atom. The molecule has 1 aromatic carbocycles. The molecule has 0 saturated heterocycles. The maximum absolute atomic E-state index is 12.9. The first-order valence-electron chi connectivity index (χ1n) is 5.76. The zero-order chi connectivity index (χ0) is 17.5. The number of halogens is 9. The lowest BCUT2D eigenvalue weighted by Gasteiger charge is -2.24. The van der Waals surface area contributed by atoms with Crippen LogP contribution in [-0.2, 0) is 18.5 Å². The second-order valence-electron chi connectivity index (χ2n) is 4.49. The van der Waals surface area contributed by atoms with Crippen LogP contribution in [-0.4, -0.2) is 7.05 Å². The molecule has 0 aromatic heterocycles. The fraction of sp³-hybridized carbons (Fsp3) is 0.500. The third-order valence-corrected chi connectivity index (χ3v) is 2.98. The van der Waals surface area contributed by atoms with Gasteiger partial charge in [0, 0.05) is 6.04 Å². The molecule has 22 heavy (non-hydrogen) atoms. The van der Waals surface area contributed by atoms with Crippen LogP contribution >= 0.6 is 0 Å². The van der Waals surface area contributed by atoms with E-state index in [0.717, 1.165) is 14.0 Å². The highest BCUT2D eigenvalue weighted by Crippen LogP contribution is 2.45. The lowest BCUT2D eigenvalue weighted by molar-refractivity contribution is -0.149.